The molecule has 0 bridgehead atoms. The largest absolute Gasteiger partial charge is 0.448 e. The molecule has 2 rings (SSSR count). The van der Waals surface area contributed by atoms with Crippen molar-refractivity contribution in [2.24, 2.45) is 7.05 Å². The van der Waals surface area contributed by atoms with Crippen molar-refractivity contribution in [1.29, 1.82) is 0 Å². The first-order chi connectivity index (χ1) is 10.1. The van der Waals surface area contributed by atoms with E-state index in [2.05, 4.69) is 10.4 Å². The Hall–Kier alpha value is -1.89. The smallest absolute Gasteiger partial charge is 0.349 e. The summed E-state index contributed by atoms with van der Waals surface area (Å²) in [7, 11) is 1.83. The first-order valence-electron chi connectivity index (χ1n) is 7.04. The van der Waals surface area contributed by atoms with Crippen LogP contribution in [0.2, 0.25) is 0 Å². The number of amides is 1. The maximum atomic E-state index is 12.2. The van der Waals surface area contributed by atoms with Gasteiger partial charge in [0, 0.05) is 18.0 Å². The van der Waals surface area contributed by atoms with E-state index in [9.17, 15) is 9.59 Å². The molecule has 0 saturated carbocycles. The lowest BCUT2D eigenvalue weighted by molar-refractivity contribution is -0.130. The van der Waals surface area contributed by atoms with Gasteiger partial charge in [-0.1, -0.05) is 0 Å². The van der Waals surface area contributed by atoms with Crippen molar-refractivity contribution in [3.63, 3.8) is 0 Å². The molecular formula is C15H21N3O3S. The minimum absolute atomic E-state index is 0.306. The molecule has 22 heavy (non-hydrogen) atoms. The molecule has 1 unspecified atom stereocenters. The van der Waals surface area contributed by atoms with Crippen molar-refractivity contribution >= 4 is 33.4 Å². The number of nitrogens with one attached hydrogen (secondary N) is 1. The predicted octanol–water partition coefficient (Wildman–Crippen LogP) is 2.40. The number of hydrogen-bond donors (Lipinski definition) is 1. The predicted molar refractivity (Wildman–Crippen MR) is 86.1 cm³/mol. The van der Waals surface area contributed by atoms with Crippen LogP contribution in [0.3, 0.4) is 0 Å². The molecule has 0 aromatic carbocycles. The standard InChI is InChI=1S/C15H21N3O3S/c1-8-10-7-11(22-13(10)18(6)17-8)14(20)21-9(2)12(19)16-15(3,4)5/h7,9H,1-6H3,(H,16,19). The molecule has 0 radical (unpaired) electrons. The zero-order chi connectivity index (χ0) is 16.7. The number of aromatic nitrogens is 2. The van der Waals surface area contributed by atoms with Gasteiger partial charge in [-0.15, -0.1) is 11.3 Å². The van der Waals surface area contributed by atoms with Crippen LogP contribution in [0.15, 0.2) is 6.07 Å². The van der Waals surface area contributed by atoms with Gasteiger partial charge in [-0.05, 0) is 40.7 Å². The van der Waals surface area contributed by atoms with Crippen molar-refractivity contribution < 1.29 is 14.3 Å². The van der Waals surface area contributed by atoms with Crippen LogP contribution in [0.1, 0.15) is 43.1 Å². The zero-order valence-corrected chi connectivity index (χ0v) is 14.5. The molecule has 2 aromatic heterocycles. The quantitative estimate of drug-likeness (QED) is 0.880. The van der Waals surface area contributed by atoms with E-state index in [0.717, 1.165) is 15.9 Å². The van der Waals surface area contributed by atoms with Crippen molar-refractivity contribution in [2.45, 2.75) is 46.3 Å². The molecule has 6 nitrogen and oxygen atoms in total. The van der Waals surface area contributed by atoms with Gasteiger partial charge in [-0.3, -0.25) is 9.48 Å². The van der Waals surface area contributed by atoms with E-state index in [1.54, 1.807) is 17.7 Å². The van der Waals surface area contributed by atoms with Gasteiger partial charge >= 0.3 is 5.97 Å². The number of nitrogens with zero attached hydrogens (tertiary/aromatic N) is 2. The Morgan fingerprint density at radius 2 is 2.05 bits per heavy atom. The van der Waals surface area contributed by atoms with E-state index in [0.29, 0.717) is 4.88 Å². The van der Waals surface area contributed by atoms with Crippen LogP contribution in [-0.4, -0.2) is 33.3 Å². The maximum absolute atomic E-state index is 12.2. The van der Waals surface area contributed by atoms with Gasteiger partial charge < -0.3 is 10.1 Å². The molecule has 0 spiro atoms. The summed E-state index contributed by atoms with van der Waals surface area (Å²) in [4.78, 5) is 25.5. The van der Waals surface area contributed by atoms with E-state index in [-0.39, 0.29) is 11.4 Å². The molecule has 7 heteroatoms. The van der Waals surface area contributed by atoms with E-state index in [4.69, 9.17) is 4.74 Å². The maximum Gasteiger partial charge on any atom is 0.349 e. The highest BCUT2D eigenvalue weighted by molar-refractivity contribution is 7.20. The molecule has 0 aliphatic carbocycles. The van der Waals surface area contributed by atoms with E-state index >= 15 is 0 Å². The molecule has 1 N–H and O–H groups in total. The molecule has 1 atom stereocenters. The number of ether oxygens (including phenoxy) is 1. The highest BCUT2D eigenvalue weighted by Gasteiger charge is 2.24. The second-order valence-electron chi connectivity index (χ2n) is 6.33. The molecule has 0 saturated heterocycles. The van der Waals surface area contributed by atoms with Gasteiger partial charge in [0.2, 0.25) is 0 Å². The van der Waals surface area contributed by atoms with E-state index < -0.39 is 12.1 Å². The molecule has 0 fully saturated rings. The van der Waals surface area contributed by atoms with Crippen molar-refractivity contribution in [3.05, 3.63) is 16.6 Å². The fourth-order valence-corrected chi connectivity index (χ4v) is 3.06. The molecule has 2 aromatic rings. The lowest BCUT2D eigenvalue weighted by Crippen LogP contribution is -2.46. The van der Waals surface area contributed by atoms with Gasteiger partial charge in [-0.2, -0.15) is 5.10 Å². The minimum Gasteiger partial charge on any atom is -0.448 e. The fraction of sp³-hybridized carbons (Fsp3) is 0.533. The summed E-state index contributed by atoms with van der Waals surface area (Å²) in [5.41, 5.74) is 0.504. The van der Waals surface area contributed by atoms with Gasteiger partial charge in [0.15, 0.2) is 6.10 Å². The van der Waals surface area contributed by atoms with Crippen LogP contribution >= 0.6 is 11.3 Å². The number of esters is 1. The minimum atomic E-state index is -0.837. The van der Waals surface area contributed by atoms with Gasteiger partial charge in [0.1, 0.15) is 9.71 Å². The topological polar surface area (TPSA) is 73.2 Å². The average Bonchev–Trinajstić information content (AvgIpc) is 2.90. The Balaban J connectivity index is 2.10. The monoisotopic (exact) mass is 323 g/mol. The van der Waals surface area contributed by atoms with E-state index in [1.807, 2.05) is 34.7 Å². The summed E-state index contributed by atoms with van der Waals surface area (Å²) < 4.78 is 6.99. The number of aryl methyl sites for hydroxylation is 2. The van der Waals surface area contributed by atoms with Gasteiger partial charge in [0.05, 0.1) is 5.69 Å². The Bertz CT molecular complexity index is 690. The summed E-state index contributed by atoms with van der Waals surface area (Å²) >= 11 is 1.31. The molecule has 120 valence electrons. The van der Waals surface area contributed by atoms with Crippen LogP contribution in [0.25, 0.3) is 10.2 Å². The average molecular weight is 323 g/mol. The molecule has 0 aliphatic heterocycles. The highest BCUT2D eigenvalue weighted by atomic mass is 32.1. The number of fused-ring (bicyclic) bond motifs is 1. The zero-order valence-electron chi connectivity index (χ0n) is 13.7. The second kappa shape index (κ2) is 5.72. The van der Waals surface area contributed by atoms with Crippen molar-refractivity contribution in [3.8, 4) is 0 Å². The number of thiophene rings is 1. The Morgan fingerprint density at radius 1 is 1.41 bits per heavy atom. The van der Waals surface area contributed by atoms with Crippen molar-refractivity contribution in [1.82, 2.24) is 15.1 Å². The first-order valence-corrected chi connectivity index (χ1v) is 7.86. The molecule has 1 amide bonds. The third-order valence-electron chi connectivity index (χ3n) is 3.05. The summed E-state index contributed by atoms with van der Waals surface area (Å²) in [5, 5.41) is 8.02. The Kier molecular flexibility index (Phi) is 4.28. The fourth-order valence-electron chi connectivity index (χ4n) is 2.05. The van der Waals surface area contributed by atoms with Crippen LogP contribution in [0, 0.1) is 6.92 Å². The normalized spacial score (nSPS) is 13.2. The van der Waals surface area contributed by atoms with E-state index in [1.165, 1.54) is 11.3 Å². The molecular weight excluding hydrogens is 302 g/mol. The first kappa shape index (κ1) is 16.5. The Labute approximate surface area is 133 Å². The van der Waals surface area contributed by atoms with Crippen LogP contribution < -0.4 is 5.32 Å². The summed E-state index contributed by atoms with van der Waals surface area (Å²) in [6.45, 7) is 9.09. The van der Waals surface area contributed by atoms with Crippen LogP contribution in [-0.2, 0) is 16.6 Å². The summed E-state index contributed by atoms with van der Waals surface area (Å²) in [6, 6.07) is 1.76. The van der Waals surface area contributed by atoms with Crippen LogP contribution in [0.5, 0.6) is 0 Å². The Morgan fingerprint density at radius 3 is 2.59 bits per heavy atom. The summed E-state index contributed by atoms with van der Waals surface area (Å²) in [6.07, 6.45) is -0.837. The highest BCUT2D eigenvalue weighted by Crippen LogP contribution is 2.28. The third kappa shape index (κ3) is 3.47. The number of carbonyl (C=O) groups is 2. The molecule has 0 aliphatic rings. The lowest BCUT2D eigenvalue weighted by Gasteiger charge is -2.23. The summed E-state index contributed by atoms with van der Waals surface area (Å²) in [5.74, 6) is -0.794. The number of carbonyl (C=O) groups excluding carboxylic acids is 2. The number of rotatable bonds is 3. The molecule has 2 heterocycles. The number of hydrogen-bond acceptors (Lipinski definition) is 5. The van der Waals surface area contributed by atoms with Gasteiger partial charge in [0.25, 0.3) is 5.91 Å². The van der Waals surface area contributed by atoms with Gasteiger partial charge in [-0.25, -0.2) is 4.79 Å². The SMILES string of the molecule is Cc1nn(C)c2sc(C(=O)OC(C)C(=O)NC(C)(C)C)cc12. The second-order valence-corrected chi connectivity index (χ2v) is 7.36. The third-order valence-corrected chi connectivity index (χ3v) is 4.23. The van der Waals surface area contributed by atoms with Crippen molar-refractivity contribution in [2.75, 3.05) is 0 Å². The van der Waals surface area contributed by atoms with Crippen LogP contribution in [0.4, 0.5) is 0 Å². The lowest BCUT2D eigenvalue weighted by atomic mass is 10.1.